The molecule has 0 aliphatic rings. The number of hydrogen-bond acceptors (Lipinski definition) is 5. The zero-order chi connectivity index (χ0) is 13.1. The summed E-state index contributed by atoms with van der Waals surface area (Å²) in [5.74, 6) is 0.559. The predicted molar refractivity (Wildman–Crippen MR) is 69.5 cm³/mol. The lowest BCUT2D eigenvalue weighted by atomic mass is 10.3. The Kier molecular flexibility index (Phi) is 3.74. The Morgan fingerprint density at radius 3 is 2.67 bits per heavy atom. The van der Waals surface area contributed by atoms with Crippen LogP contribution in [0.5, 0.6) is 17.6 Å². The van der Waals surface area contributed by atoms with E-state index in [-0.39, 0.29) is 16.9 Å². The van der Waals surface area contributed by atoms with Crippen LogP contribution in [0.2, 0.25) is 10.0 Å². The number of aromatic nitrogens is 2. The lowest BCUT2D eigenvalue weighted by Gasteiger charge is -2.09. The van der Waals surface area contributed by atoms with Crippen molar-refractivity contribution in [3.63, 3.8) is 0 Å². The van der Waals surface area contributed by atoms with Crippen molar-refractivity contribution in [2.24, 2.45) is 0 Å². The van der Waals surface area contributed by atoms with Crippen LogP contribution in [0.4, 0.5) is 5.69 Å². The molecule has 0 fully saturated rings. The molecule has 0 aliphatic heterocycles. The molecule has 0 radical (unpaired) electrons. The smallest absolute Gasteiger partial charge is 0.319 e. The minimum atomic E-state index is 0.154. The summed E-state index contributed by atoms with van der Waals surface area (Å²) in [5, 5.41) is 0.618. The first kappa shape index (κ1) is 12.7. The summed E-state index contributed by atoms with van der Waals surface area (Å²) in [7, 11) is 1.45. The highest BCUT2D eigenvalue weighted by Crippen LogP contribution is 2.33. The molecule has 0 aliphatic carbocycles. The molecule has 0 amide bonds. The second-order valence-corrected chi connectivity index (χ2v) is 4.12. The van der Waals surface area contributed by atoms with Gasteiger partial charge >= 0.3 is 6.01 Å². The molecule has 0 saturated carbocycles. The van der Waals surface area contributed by atoms with E-state index in [1.807, 2.05) is 0 Å². The highest BCUT2D eigenvalue weighted by atomic mass is 35.5. The van der Waals surface area contributed by atoms with E-state index in [1.54, 1.807) is 18.2 Å². The molecule has 0 unspecified atom stereocenters. The Balaban J connectivity index is 2.33. The first-order chi connectivity index (χ1) is 8.60. The molecule has 2 aromatic rings. The van der Waals surface area contributed by atoms with E-state index in [4.69, 9.17) is 38.4 Å². The highest BCUT2D eigenvalue weighted by molar-refractivity contribution is 6.32. The van der Waals surface area contributed by atoms with Crippen LogP contribution in [-0.2, 0) is 0 Å². The number of rotatable bonds is 3. The van der Waals surface area contributed by atoms with Crippen LogP contribution in [0, 0.1) is 0 Å². The summed E-state index contributed by atoms with van der Waals surface area (Å²) in [6, 6.07) is 5.01. The fourth-order valence-corrected chi connectivity index (χ4v) is 1.57. The Morgan fingerprint density at radius 2 is 2.00 bits per heavy atom. The van der Waals surface area contributed by atoms with Gasteiger partial charge in [-0.3, -0.25) is 0 Å². The van der Waals surface area contributed by atoms with Crippen molar-refractivity contribution >= 4 is 28.9 Å². The highest BCUT2D eigenvalue weighted by Gasteiger charge is 2.10. The first-order valence-corrected chi connectivity index (χ1v) is 5.65. The quantitative estimate of drug-likeness (QED) is 0.877. The number of nitrogens with two attached hydrogens (primary N) is 1. The van der Waals surface area contributed by atoms with Crippen molar-refractivity contribution < 1.29 is 9.47 Å². The van der Waals surface area contributed by atoms with Crippen molar-refractivity contribution in [3.8, 4) is 17.6 Å². The van der Waals surface area contributed by atoms with Crippen LogP contribution < -0.4 is 15.2 Å². The average molecular weight is 286 g/mol. The fourth-order valence-electron chi connectivity index (χ4n) is 1.21. The summed E-state index contributed by atoms with van der Waals surface area (Å²) in [6.45, 7) is 0. The Labute approximate surface area is 113 Å². The van der Waals surface area contributed by atoms with Gasteiger partial charge in [0.25, 0.3) is 0 Å². The molecular formula is C11H9Cl2N3O2. The third kappa shape index (κ3) is 2.75. The van der Waals surface area contributed by atoms with Gasteiger partial charge < -0.3 is 15.2 Å². The maximum atomic E-state index is 5.98. The summed E-state index contributed by atoms with van der Waals surface area (Å²) in [6.07, 6.45) is 1.38. The molecule has 1 heterocycles. The molecule has 94 valence electrons. The van der Waals surface area contributed by atoms with Crippen LogP contribution in [-0.4, -0.2) is 17.1 Å². The number of anilines is 1. The van der Waals surface area contributed by atoms with Crippen LogP contribution in [0.25, 0.3) is 0 Å². The van der Waals surface area contributed by atoms with Crippen LogP contribution in [0.15, 0.2) is 24.4 Å². The van der Waals surface area contributed by atoms with Gasteiger partial charge in [0.2, 0.25) is 5.88 Å². The largest absolute Gasteiger partial charge is 0.467 e. The molecule has 0 spiro atoms. The number of nitrogen functional groups attached to an aromatic ring is 1. The molecule has 1 aromatic heterocycles. The lowest BCUT2D eigenvalue weighted by Crippen LogP contribution is -1.96. The number of benzene rings is 1. The summed E-state index contributed by atoms with van der Waals surface area (Å²) in [5.41, 5.74) is 6.13. The minimum Gasteiger partial charge on any atom is -0.467 e. The van der Waals surface area contributed by atoms with E-state index < -0.39 is 0 Å². The third-order valence-corrected chi connectivity index (χ3v) is 2.59. The van der Waals surface area contributed by atoms with E-state index >= 15 is 0 Å². The molecule has 7 heteroatoms. The second kappa shape index (κ2) is 5.29. The van der Waals surface area contributed by atoms with Gasteiger partial charge in [-0.25, -0.2) is 4.98 Å². The van der Waals surface area contributed by atoms with E-state index in [2.05, 4.69) is 9.97 Å². The number of methoxy groups -OCH3 is 1. The molecular weight excluding hydrogens is 277 g/mol. The predicted octanol–water partition coefficient (Wildman–Crippen LogP) is 3.17. The van der Waals surface area contributed by atoms with Gasteiger partial charge in [0.1, 0.15) is 10.8 Å². The monoisotopic (exact) mass is 285 g/mol. The van der Waals surface area contributed by atoms with Crippen LogP contribution in [0.3, 0.4) is 0 Å². The van der Waals surface area contributed by atoms with Gasteiger partial charge in [-0.2, -0.15) is 4.98 Å². The van der Waals surface area contributed by atoms with Crippen molar-refractivity contribution in [2.45, 2.75) is 0 Å². The third-order valence-electron chi connectivity index (χ3n) is 2.03. The standard InChI is InChI=1S/C11H9Cl2N3O2/c1-17-11-15-5-8(13)10(16-11)18-9-3-2-6(14)4-7(9)12/h2-5H,14H2,1H3. The number of hydrogen-bond donors (Lipinski definition) is 1. The first-order valence-electron chi connectivity index (χ1n) is 4.89. The van der Waals surface area contributed by atoms with Gasteiger partial charge in [-0.05, 0) is 18.2 Å². The van der Waals surface area contributed by atoms with Crippen molar-refractivity contribution in [1.82, 2.24) is 9.97 Å². The van der Waals surface area contributed by atoms with Crippen molar-refractivity contribution in [2.75, 3.05) is 12.8 Å². The molecule has 5 nitrogen and oxygen atoms in total. The summed E-state index contributed by atoms with van der Waals surface area (Å²) < 4.78 is 10.4. The molecule has 2 rings (SSSR count). The van der Waals surface area contributed by atoms with Gasteiger partial charge in [0, 0.05) is 5.69 Å². The van der Waals surface area contributed by atoms with Crippen LogP contribution >= 0.6 is 23.2 Å². The summed E-state index contributed by atoms with van der Waals surface area (Å²) in [4.78, 5) is 7.81. The number of halogens is 2. The van der Waals surface area contributed by atoms with E-state index in [0.29, 0.717) is 16.5 Å². The molecule has 0 bridgehead atoms. The molecule has 0 atom stereocenters. The van der Waals surface area contributed by atoms with Gasteiger partial charge in [-0.1, -0.05) is 23.2 Å². The van der Waals surface area contributed by atoms with E-state index in [9.17, 15) is 0 Å². The Bertz CT molecular complexity index is 578. The van der Waals surface area contributed by atoms with Gasteiger partial charge in [-0.15, -0.1) is 0 Å². The Hall–Kier alpha value is -1.72. The lowest BCUT2D eigenvalue weighted by molar-refractivity contribution is 0.366. The van der Waals surface area contributed by atoms with Crippen LogP contribution in [0.1, 0.15) is 0 Å². The fraction of sp³-hybridized carbons (Fsp3) is 0.0909. The molecule has 2 N–H and O–H groups in total. The number of nitrogens with zero attached hydrogens (tertiary/aromatic N) is 2. The average Bonchev–Trinajstić information content (AvgIpc) is 2.35. The van der Waals surface area contributed by atoms with Gasteiger partial charge in [0.05, 0.1) is 18.3 Å². The van der Waals surface area contributed by atoms with E-state index in [1.165, 1.54) is 13.3 Å². The Morgan fingerprint density at radius 1 is 1.22 bits per heavy atom. The maximum absolute atomic E-state index is 5.98. The molecule has 1 aromatic carbocycles. The van der Waals surface area contributed by atoms with E-state index in [0.717, 1.165) is 0 Å². The SMILES string of the molecule is COc1ncc(Cl)c(Oc2ccc(N)cc2Cl)n1. The second-order valence-electron chi connectivity index (χ2n) is 3.30. The van der Waals surface area contributed by atoms with Gasteiger partial charge in [0.15, 0.2) is 0 Å². The minimum absolute atomic E-state index is 0.154. The zero-order valence-corrected chi connectivity index (χ0v) is 10.9. The van der Waals surface area contributed by atoms with Crippen molar-refractivity contribution in [3.05, 3.63) is 34.4 Å². The zero-order valence-electron chi connectivity index (χ0n) is 9.35. The summed E-state index contributed by atoms with van der Waals surface area (Å²) >= 11 is 11.9. The maximum Gasteiger partial charge on any atom is 0.319 e. The molecule has 18 heavy (non-hydrogen) atoms. The van der Waals surface area contributed by atoms with Crippen molar-refractivity contribution in [1.29, 1.82) is 0 Å². The number of ether oxygens (including phenoxy) is 2. The molecule has 0 saturated heterocycles. The normalized spacial score (nSPS) is 10.2. The topological polar surface area (TPSA) is 70.3 Å².